The van der Waals surface area contributed by atoms with Crippen LogP contribution in [-0.4, -0.2) is 12.1 Å². The van der Waals surface area contributed by atoms with Crippen molar-refractivity contribution in [3.05, 3.63) is 29.3 Å². The lowest BCUT2D eigenvalue weighted by Gasteiger charge is -2.18. The maximum Gasteiger partial charge on any atom is 0.416 e. The lowest BCUT2D eigenvalue weighted by Crippen LogP contribution is -2.18. The molecule has 0 aliphatic heterocycles. The maximum atomic E-state index is 12.8. The molecule has 18 heavy (non-hydrogen) atoms. The van der Waals surface area contributed by atoms with Gasteiger partial charge in [-0.3, -0.25) is 9.59 Å². The van der Waals surface area contributed by atoms with Gasteiger partial charge in [-0.1, -0.05) is 13.0 Å². The number of carbonyl (C=O) groups is 2. The Morgan fingerprint density at radius 3 is 2.50 bits per heavy atom. The Kier molecular flexibility index (Phi) is 4.11. The molecule has 0 saturated heterocycles. The number of nitrogen functional groups attached to an aromatic ring is 1. The summed E-state index contributed by atoms with van der Waals surface area (Å²) in [5.74, 6) is -1.95. The molecular weight excluding hydrogens is 247 g/mol. The molecule has 0 aromatic heterocycles. The van der Waals surface area contributed by atoms with E-state index in [0.29, 0.717) is 0 Å². The van der Waals surface area contributed by atoms with Gasteiger partial charge in [0.1, 0.15) is 0 Å². The van der Waals surface area contributed by atoms with Gasteiger partial charge in [0.15, 0.2) is 6.29 Å². The van der Waals surface area contributed by atoms with Gasteiger partial charge in [0.25, 0.3) is 0 Å². The summed E-state index contributed by atoms with van der Waals surface area (Å²) in [6, 6.07) is 3.20. The van der Waals surface area contributed by atoms with Crippen LogP contribution in [0.5, 0.6) is 0 Å². The van der Waals surface area contributed by atoms with E-state index < -0.39 is 23.4 Å². The Labute approximate surface area is 102 Å². The van der Waals surface area contributed by atoms with Crippen LogP contribution in [-0.2, 0) is 15.8 Å². The van der Waals surface area contributed by atoms with Crippen LogP contribution in [0.1, 0.15) is 30.4 Å². The topological polar surface area (TPSA) is 60.2 Å². The molecule has 0 aliphatic carbocycles. The van der Waals surface area contributed by atoms with E-state index >= 15 is 0 Å². The van der Waals surface area contributed by atoms with Crippen molar-refractivity contribution in [3.8, 4) is 0 Å². The Bertz CT molecular complexity index is 469. The van der Waals surface area contributed by atoms with Crippen molar-refractivity contribution < 1.29 is 22.8 Å². The molecule has 0 fully saturated rings. The summed E-state index contributed by atoms with van der Waals surface area (Å²) < 4.78 is 38.5. The van der Waals surface area contributed by atoms with Crippen molar-refractivity contribution in [2.45, 2.75) is 25.4 Å². The molecule has 1 aromatic carbocycles. The van der Waals surface area contributed by atoms with Gasteiger partial charge in [-0.05, 0) is 24.1 Å². The summed E-state index contributed by atoms with van der Waals surface area (Å²) in [5.41, 5.74) is 4.10. The van der Waals surface area contributed by atoms with Gasteiger partial charge in [-0.15, -0.1) is 0 Å². The summed E-state index contributed by atoms with van der Waals surface area (Å²) in [7, 11) is 0. The first-order valence-electron chi connectivity index (χ1n) is 5.26. The molecule has 6 heteroatoms. The van der Waals surface area contributed by atoms with Crippen LogP contribution in [0, 0.1) is 0 Å². The molecule has 0 saturated carbocycles. The highest BCUT2D eigenvalue weighted by atomic mass is 19.4. The zero-order valence-electron chi connectivity index (χ0n) is 9.62. The van der Waals surface area contributed by atoms with Crippen molar-refractivity contribution in [3.63, 3.8) is 0 Å². The Morgan fingerprint density at radius 1 is 1.44 bits per heavy atom. The average Bonchev–Trinajstić information content (AvgIpc) is 2.30. The molecule has 0 aliphatic rings. The molecule has 98 valence electrons. The number of carbonyl (C=O) groups excluding carboxylic acids is 2. The highest BCUT2D eigenvalue weighted by Gasteiger charge is 2.36. The molecule has 1 aromatic rings. The highest BCUT2D eigenvalue weighted by Crippen LogP contribution is 2.37. The summed E-state index contributed by atoms with van der Waals surface area (Å²) >= 11 is 0. The highest BCUT2D eigenvalue weighted by molar-refractivity contribution is 6.27. The number of alkyl halides is 3. The standard InChI is InChI=1S/C12H12F3NO2/c1-2-8(11(18)6-17)9-4-3-7(16)5-10(9)12(13,14)15/h3-6,8H,2,16H2,1H3. The second-order valence-electron chi connectivity index (χ2n) is 3.83. The Hall–Kier alpha value is -1.85. The average molecular weight is 259 g/mol. The van der Waals surface area contributed by atoms with Crippen molar-refractivity contribution in [1.29, 1.82) is 0 Å². The monoisotopic (exact) mass is 259 g/mol. The number of aldehydes is 1. The molecular formula is C12H12F3NO2. The van der Waals surface area contributed by atoms with Gasteiger partial charge in [0.2, 0.25) is 5.78 Å². The predicted molar refractivity (Wildman–Crippen MR) is 60.0 cm³/mol. The lowest BCUT2D eigenvalue weighted by molar-refractivity contribution is -0.139. The third-order valence-electron chi connectivity index (χ3n) is 2.63. The minimum absolute atomic E-state index is 0.0421. The van der Waals surface area contributed by atoms with Crippen molar-refractivity contribution in [2.75, 3.05) is 5.73 Å². The number of anilines is 1. The van der Waals surface area contributed by atoms with Gasteiger partial charge >= 0.3 is 6.18 Å². The molecule has 0 bridgehead atoms. The summed E-state index contributed by atoms with van der Waals surface area (Å²) in [6.45, 7) is 1.54. The van der Waals surface area contributed by atoms with Crippen LogP contribution in [0.4, 0.5) is 18.9 Å². The fourth-order valence-corrected chi connectivity index (χ4v) is 1.78. The zero-order valence-corrected chi connectivity index (χ0v) is 9.62. The van der Waals surface area contributed by atoms with Crippen LogP contribution in [0.3, 0.4) is 0 Å². The largest absolute Gasteiger partial charge is 0.416 e. The number of rotatable bonds is 4. The number of halogens is 3. The molecule has 1 unspecified atom stereocenters. The van der Waals surface area contributed by atoms with E-state index in [1.807, 2.05) is 0 Å². The maximum absolute atomic E-state index is 12.8. The summed E-state index contributed by atoms with van der Waals surface area (Å²) in [5, 5.41) is 0. The third-order valence-corrected chi connectivity index (χ3v) is 2.63. The van der Waals surface area contributed by atoms with Gasteiger partial charge in [-0.25, -0.2) is 0 Å². The molecule has 0 spiro atoms. The molecule has 3 nitrogen and oxygen atoms in total. The van der Waals surface area contributed by atoms with Gasteiger partial charge in [0.05, 0.1) is 11.5 Å². The van der Waals surface area contributed by atoms with Crippen LogP contribution >= 0.6 is 0 Å². The minimum atomic E-state index is -4.61. The van der Waals surface area contributed by atoms with Crippen LogP contribution < -0.4 is 5.73 Å². The van der Waals surface area contributed by atoms with Crippen LogP contribution in [0.2, 0.25) is 0 Å². The number of hydrogen-bond acceptors (Lipinski definition) is 3. The summed E-state index contributed by atoms with van der Waals surface area (Å²) in [4.78, 5) is 21.8. The summed E-state index contributed by atoms with van der Waals surface area (Å²) in [6.07, 6.45) is -4.45. The Balaban J connectivity index is 3.39. The Morgan fingerprint density at radius 2 is 2.06 bits per heavy atom. The van der Waals surface area contributed by atoms with E-state index in [2.05, 4.69) is 0 Å². The second-order valence-corrected chi connectivity index (χ2v) is 3.83. The molecule has 1 atom stereocenters. The van der Waals surface area contributed by atoms with Crippen LogP contribution in [0.15, 0.2) is 18.2 Å². The normalized spacial score (nSPS) is 13.1. The number of nitrogens with two attached hydrogens (primary N) is 1. The molecule has 0 radical (unpaired) electrons. The molecule has 0 heterocycles. The lowest BCUT2D eigenvalue weighted by atomic mass is 9.88. The molecule has 2 N–H and O–H groups in total. The van der Waals surface area contributed by atoms with E-state index in [4.69, 9.17) is 5.73 Å². The smallest absolute Gasteiger partial charge is 0.399 e. The first kappa shape index (κ1) is 14.2. The predicted octanol–water partition coefficient (Wildman–Crippen LogP) is 2.55. The van der Waals surface area contributed by atoms with Crippen LogP contribution in [0.25, 0.3) is 0 Å². The van der Waals surface area contributed by atoms with E-state index in [-0.39, 0.29) is 24.0 Å². The first-order valence-corrected chi connectivity index (χ1v) is 5.26. The SMILES string of the molecule is CCC(C(=O)C=O)c1ccc(N)cc1C(F)(F)F. The van der Waals surface area contributed by atoms with Gasteiger partial charge in [0, 0.05) is 5.69 Å². The quantitative estimate of drug-likeness (QED) is 0.513. The number of benzene rings is 1. The van der Waals surface area contributed by atoms with Crippen molar-refractivity contribution >= 4 is 17.8 Å². The first-order chi connectivity index (χ1) is 8.31. The van der Waals surface area contributed by atoms with E-state index in [1.165, 1.54) is 6.07 Å². The second kappa shape index (κ2) is 5.20. The van der Waals surface area contributed by atoms with E-state index in [0.717, 1.165) is 12.1 Å². The molecule has 1 rings (SSSR count). The van der Waals surface area contributed by atoms with Crippen molar-refractivity contribution in [1.82, 2.24) is 0 Å². The number of ketones is 1. The minimum Gasteiger partial charge on any atom is -0.399 e. The third kappa shape index (κ3) is 2.88. The molecule has 0 amide bonds. The fraction of sp³-hybridized carbons (Fsp3) is 0.333. The number of hydrogen-bond donors (Lipinski definition) is 1. The van der Waals surface area contributed by atoms with Crippen molar-refractivity contribution in [2.24, 2.45) is 0 Å². The zero-order chi connectivity index (χ0) is 13.9. The fourth-order valence-electron chi connectivity index (χ4n) is 1.78. The van der Waals surface area contributed by atoms with E-state index in [9.17, 15) is 22.8 Å². The van der Waals surface area contributed by atoms with E-state index in [1.54, 1.807) is 6.92 Å². The number of Topliss-reactive ketones (excluding diaryl/α,β-unsaturated/α-hetero) is 1. The van der Waals surface area contributed by atoms with Gasteiger partial charge < -0.3 is 5.73 Å². The van der Waals surface area contributed by atoms with Gasteiger partial charge in [-0.2, -0.15) is 13.2 Å².